The summed E-state index contributed by atoms with van der Waals surface area (Å²) in [5.41, 5.74) is 1.71. The van der Waals surface area contributed by atoms with Gasteiger partial charge in [0.25, 0.3) is 5.91 Å². The summed E-state index contributed by atoms with van der Waals surface area (Å²) in [5.74, 6) is -0.205. The summed E-state index contributed by atoms with van der Waals surface area (Å²) in [4.78, 5) is 12.1. The van der Waals surface area contributed by atoms with Gasteiger partial charge in [0.1, 0.15) is 0 Å². The lowest BCUT2D eigenvalue weighted by atomic mass is 10.1. The normalized spacial score (nSPS) is 11.6. The lowest BCUT2D eigenvalue weighted by Crippen LogP contribution is -2.26. The third-order valence-corrected chi connectivity index (χ3v) is 4.31. The summed E-state index contributed by atoms with van der Waals surface area (Å²) in [5, 5.41) is 5.91. The minimum Gasteiger partial charge on any atom is -0.352 e. The van der Waals surface area contributed by atoms with Crippen LogP contribution in [-0.4, -0.2) is 22.2 Å². The van der Waals surface area contributed by atoms with Gasteiger partial charge in [0.2, 0.25) is 0 Å². The van der Waals surface area contributed by atoms with Crippen molar-refractivity contribution in [3.63, 3.8) is 0 Å². The second kappa shape index (κ2) is 7.47. The van der Waals surface area contributed by atoms with Gasteiger partial charge < -0.3 is 5.32 Å². The van der Waals surface area contributed by atoms with Crippen LogP contribution in [0.25, 0.3) is 0 Å². The van der Waals surface area contributed by atoms with Gasteiger partial charge in [0.05, 0.1) is 10.7 Å². The largest absolute Gasteiger partial charge is 0.436 e. The molecule has 1 aromatic carbocycles. The third-order valence-electron chi connectivity index (χ3n) is 3.86. The lowest BCUT2D eigenvalue weighted by molar-refractivity contribution is -0.141. The van der Waals surface area contributed by atoms with Crippen molar-refractivity contribution in [2.75, 3.05) is 6.54 Å². The van der Waals surface area contributed by atoms with Crippen molar-refractivity contribution < 1.29 is 18.0 Å². The fourth-order valence-corrected chi connectivity index (χ4v) is 2.76. The minimum atomic E-state index is -4.58. The topological polar surface area (TPSA) is 46.9 Å². The van der Waals surface area contributed by atoms with Gasteiger partial charge in [-0.05, 0) is 38.8 Å². The van der Waals surface area contributed by atoms with E-state index in [-0.39, 0.29) is 23.2 Å². The summed E-state index contributed by atoms with van der Waals surface area (Å²) < 4.78 is 39.5. The zero-order valence-electron chi connectivity index (χ0n) is 14.2. The highest BCUT2D eigenvalue weighted by Gasteiger charge is 2.38. The molecule has 0 aliphatic heterocycles. The quantitative estimate of drug-likeness (QED) is 0.794. The molecule has 0 fully saturated rings. The minimum absolute atomic E-state index is 0.205. The summed E-state index contributed by atoms with van der Waals surface area (Å²) in [7, 11) is 0. The van der Waals surface area contributed by atoms with Gasteiger partial charge in [-0.25, -0.2) is 0 Å². The van der Waals surface area contributed by atoms with Crippen LogP contribution in [0.3, 0.4) is 0 Å². The smallest absolute Gasteiger partial charge is 0.352 e. The second-order valence-corrected chi connectivity index (χ2v) is 6.27. The molecule has 1 heterocycles. The Labute approximate surface area is 149 Å². The predicted molar refractivity (Wildman–Crippen MR) is 89.8 cm³/mol. The van der Waals surface area contributed by atoms with E-state index in [9.17, 15) is 18.0 Å². The fourth-order valence-electron chi connectivity index (χ4n) is 2.52. The molecule has 8 heteroatoms. The van der Waals surface area contributed by atoms with E-state index in [0.29, 0.717) is 18.5 Å². The highest BCUT2D eigenvalue weighted by molar-refractivity contribution is 6.31. The summed E-state index contributed by atoms with van der Waals surface area (Å²) >= 11 is 5.70. The maximum atomic E-state index is 12.8. The fraction of sp³-hybridized carbons (Fsp3) is 0.412. The molecule has 0 saturated carbocycles. The molecule has 25 heavy (non-hydrogen) atoms. The molecule has 2 rings (SSSR count). The Morgan fingerprint density at radius 1 is 1.28 bits per heavy atom. The van der Waals surface area contributed by atoms with E-state index in [1.165, 1.54) is 11.6 Å². The SMILES string of the molecule is Cc1ccc(C(=O)NCCCn2nc(C(F)(F)F)c(Cl)c2C)c(C)c1. The molecule has 0 aliphatic carbocycles. The molecule has 0 unspecified atom stereocenters. The number of nitrogens with zero attached hydrogens (tertiary/aromatic N) is 2. The first-order valence-electron chi connectivity index (χ1n) is 7.77. The highest BCUT2D eigenvalue weighted by atomic mass is 35.5. The van der Waals surface area contributed by atoms with Crippen LogP contribution in [-0.2, 0) is 12.7 Å². The van der Waals surface area contributed by atoms with Crippen molar-refractivity contribution in [2.45, 2.75) is 39.9 Å². The molecule has 0 spiro atoms. The first-order valence-corrected chi connectivity index (χ1v) is 8.14. The number of aromatic nitrogens is 2. The van der Waals surface area contributed by atoms with Crippen molar-refractivity contribution >= 4 is 17.5 Å². The van der Waals surface area contributed by atoms with Gasteiger partial charge in [0.15, 0.2) is 5.69 Å². The number of rotatable bonds is 5. The van der Waals surface area contributed by atoms with Crippen molar-refractivity contribution in [2.24, 2.45) is 0 Å². The average Bonchev–Trinajstić information content (AvgIpc) is 2.79. The van der Waals surface area contributed by atoms with Gasteiger partial charge >= 0.3 is 6.18 Å². The molecular formula is C17H19ClF3N3O. The number of halogens is 4. The molecule has 0 saturated heterocycles. The molecule has 0 aliphatic rings. The highest BCUT2D eigenvalue weighted by Crippen LogP contribution is 2.35. The molecule has 2 aromatic rings. The zero-order chi connectivity index (χ0) is 18.8. The van der Waals surface area contributed by atoms with Gasteiger partial charge in [-0.1, -0.05) is 29.3 Å². The number of benzene rings is 1. The standard InChI is InChI=1S/C17H19ClF3N3O/c1-10-5-6-13(11(2)9-10)16(25)22-7-4-8-24-12(3)14(18)15(23-24)17(19,20)21/h5-6,9H,4,7-8H2,1-3H3,(H,22,25). The van der Waals surface area contributed by atoms with E-state index in [1.54, 1.807) is 6.07 Å². The Kier molecular flexibility index (Phi) is 5.77. The van der Waals surface area contributed by atoms with Crippen molar-refractivity contribution in [1.82, 2.24) is 15.1 Å². The number of alkyl halides is 3. The average molecular weight is 374 g/mol. The van der Waals surface area contributed by atoms with Gasteiger partial charge in [-0.3, -0.25) is 9.48 Å². The van der Waals surface area contributed by atoms with Crippen LogP contribution in [0.2, 0.25) is 5.02 Å². The van der Waals surface area contributed by atoms with Crippen LogP contribution >= 0.6 is 11.6 Å². The van der Waals surface area contributed by atoms with E-state index >= 15 is 0 Å². The first kappa shape index (κ1) is 19.3. The van der Waals surface area contributed by atoms with Crippen LogP contribution < -0.4 is 5.32 Å². The number of hydrogen-bond acceptors (Lipinski definition) is 2. The predicted octanol–water partition coefficient (Wildman–Crippen LogP) is 4.30. The summed E-state index contributed by atoms with van der Waals surface area (Å²) in [6, 6.07) is 5.53. The molecule has 1 N–H and O–H groups in total. The Morgan fingerprint density at radius 2 is 1.96 bits per heavy atom. The Bertz CT molecular complexity index is 784. The Morgan fingerprint density at radius 3 is 2.52 bits per heavy atom. The van der Waals surface area contributed by atoms with E-state index < -0.39 is 11.9 Å². The number of carbonyl (C=O) groups excluding carboxylic acids is 1. The van der Waals surface area contributed by atoms with Crippen molar-refractivity contribution in [3.05, 3.63) is 51.3 Å². The Balaban J connectivity index is 1.92. The maximum absolute atomic E-state index is 12.8. The molecule has 136 valence electrons. The molecule has 0 atom stereocenters. The van der Waals surface area contributed by atoms with E-state index in [1.807, 2.05) is 26.0 Å². The third kappa shape index (κ3) is 4.54. The molecule has 1 amide bonds. The number of carbonyl (C=O) groups is 1. The lowest BCUT2D eigenvalue weighted by Gasteiger charge is -2.09. The van der Waals surface area contributed by atoms with E-state index in [4.69, 9.17) is 11.6 Å². The molecular weight excluding hydrogens is 355 g/mol. The molecule has 1 aromatic heterocycles. The van der Waals surface area contributed by atoms with Crippen LogP contribution in [0.4, 0.5) is 13.2 Å². The van der Waals surface area contributed by atoms with Crippen molar-refractivity contribution in [1.29, 1.82) is 0 Å². The van der Waals surface area contributed by atoms with E-state index in [0.717, 1.165) is 11.1 Å². The molecule has 0 radical (unpaired) electrons. The Hall–Kier alpha value is -2.02. The first-order chi connectivity index (χ1) is 11.6. The number of amides is 1. The van der Waals surface area contributed by atoms with Gasteiger partial charge in [-0.15, -0.1) is 0 Å². The monoisotopic (exact) mass is 373 g/mol. The zero-order valence-corrected chi connectivity index (χ0v) is 14.9. The number of hydrogen-bond donors (Lipinski definition) is 1. The van der Waals surface area contributed by atoms with E-state index in [2.05, 4.69) is 10.4 Å². The maximum Gasteiger partial charge on any atom is 0.436 e. The van der Waals surface area contributed by atoms with Gasteiger partial charge in [0, 0.05) is 18.7 Å². The molecule has 0 bridgehead atoms. The second-order valence-electron chi connectivity index (χ2n) is 5.90. The van der Waals surface area contributed by atoms with Crippen LogP contribution in [0, 0.1) is 20.8 Å². The summed E-state index contributed by atoms with van der Waals surface area (Å²) in [6.07, 6.45) is -4.14. The molecule has 4 nitrogen and oxygen atoms in total. The van der Waals surface area contributed by atoms with Gasteiger partial charge in [-0.2, -0.15) is 18.3 Å². The van der Waals surface area contributed by atoms with Crippen LogP contribution in [0.5, 0.6) is 0 Å². The number of aryl methyl sites for hydroxylation is 3. The van der Waals surface area contributed by atoms with Crippen LogP contribution in [0.15, 0.2) is 18.2 Å². The van der Waals surface area contributed by atoms with Crippen LogP contribution in [0.1, 0.15) is 39.3 Å². The number of nitrogens with one attached hydrogen (secondary N) is 1. The summed E-state index contributed by atoms with van der Waals surface area (Å²) in [6.45, 7) is 5.84. The van der Waals surface area contributed by atoms with Crippen molar-refractivity contribution in [3.8, 4) is 0 Å².